The van der Waals surface area contributed by atoms with Crippen molar-refractivity contribution in [1.29, 1.82) is 0 Å². The van der Waals surface area contributed by atoms with E-state index in [1.807, 2.05) is 30.0 Å². The number of anilines is 1. The Morgan fingerprint density at radius 2 is 2.15 bits per heavy atom. The number of hydrogen-bond acceptors (Lipinski definition) is 7. The number of fused-ring (bicyclic) bond motifs is 1. The van der Waals surface area contributed by atoms with Gasteiger partial charge in [0.05, 0.1) is 35.1 Å². The molecule has 2 unspecified atom stereocenters. The number of halogens is 1. The molecule has 3 atom stereocenters. The molecule has 0 amide bonds. The fourth-order valence-corrected chi connectivity index (χ4v) is 4.93. The van der Waals surface area contributed by atoms with Crippen molar-refractivity contribution in [1.82, 2.24) is 9.55 Å². The van der Waals surface area contributed by atoms with Gasteiger partial charge in [-0.2, -0.15) is 0 Å². The Morgan fingerprint density at radius 1 is 1.30 bits per heavy atom. The maximum absolute atomic E-state index is 15.5. The molecule has 0 bridgehead atoms. The minimum atomic E-state index is -1.35. The van der Waals surface area contributed by atoms with E-state index in [0.717, 1.165) is 11.8 Å². The van der Waals surface area contributed by atoms with Crippen LogP contribution in [0.2, 0.25) is 0 Å². The summed E-state index contributed by atoms with van der Waals surface area (Å²) >= 11 is 0. The molecule has 3 aliphatic heterocycles. The topological polar surface area (TPSA) is 106 Å². The van der Waals surface area contributed by atoms with Crippen LogP contribution in [0.1, 0.15) is 29.0 Å². The zero-order valence-electron chi connectivity index (χ0n) is 17.6. The molecule has 168 valence electrons. The summed E-state index contributed by atoms with van der Waals surface area (Å²) in [6.07, 6.45) is 2.74. The van der Waals surface area contributed by atoms with Crippen LogP contribution in [0.15, 0.2) is 46.6 Å². The fourth-order valence-electron chi connectivity index (χ4n) is 4.93. The summed E-state index contributed by atoms with van der Waals surface area (Å²) in [5.41, 5.74) is 0.947. The summed E-state index contributed by atoms with van der Waals surface area (Å²) in [6.45, 7) is 2.89. The Kier molecular flexibility index (Phi) is 4.20. The van der Waals surface area contributed by atoms with Crippen LogP contribution in [0.5, 0.6) is 5.75 Å². The Balaban J connectivity index is 1.47. The molecule has 3 aliphatic rings. The van der Waals surface area contributed by atoms with Crippen LogP contribution in [-0.2, 0) is 4.84 Å². The monoisotopic (exact) mass is 450 g/mol. The number of pyridine rings is 2. The highest BCUT2D eigenvalue weighted by Gasteiger charge is 2.45. The number of oxime groups is 1. The molecule has 1 aromatic carbocycles. The van der Waals surface area contributed by atoms with E-state index in [1.54, 1.807) is 10.8 Å². The highest BCUT2D eigenvalue weighted by molar-refractivity contribution is 6.02. The first-order valence-electron chi connectivity index (χ1n) is 10.6. The van der Waals surface area contributed by atoms with Gasteiger partial charge >= 0.3 is 5.97 Å². The van der Waals surface area contributed by atoms with Crippen molar-refractivity contribution in [3.8, 4) is 5.75 Å². The molecule has 0 aliphatic carbocycles. The number of carboxylic acids is 1. The van der Waals surface area contributed by atoms with Gasteiger partial charge in [0.2, 0.25) is 5.43 Å². The summed E-state index contributed by atoms with van der Waals surface area (Å²) in [5.74, 6) is -1.84. The Labute approximate surface area is 186 Å². The lowest BCUT2D eigenvalue weighted by molar-refractivity contribution is 0.0694. The molecule has 6 rings (SSSR count). The van der Waals surface area contributed by atoms with E-state index in [2.05, 4.69) is 10.1 Å². The molecule has 10 heteroatoms. The van der Waals surface area contributed by atoms with E-state index in [1.165, 1.54) is 6.20 Å². The van der Waals surface area contributed by atoms with Gasteiger partial charge in [-0.05, 0) is 25.1 Å². The number of hydrogen-bond donors (Lipinski definition) is 1. The third kappa shape index (κ3) is 2.83. The van der Waals surface area contributed by atoms with Gasteiger partial charge < -0.3 is 24.1 Å². The minimum Gasteiger partial charge on any atom is -0.487 e. The molecule has 1 fully saturated rings. The Morgan fingerprint density at radius 3 is 2.91 bits per heavy atom. The largest absolute Gasteiger partial charge is 0.487 e. The molecule has 33 heavy (non-hydrogen) atoms. The highest BCUT2D eigenvalue weighted by Crippen LogP contribution is 2.44. The normalized spacial score (nSPS) is 23.2. The zero-order chi connectivity index (χ0) is 22.9. The average molecular weight is 450 g/mol. The number of nitrogens with zero attached hydrogens (tertiary/aromatic N) is 4. The summed E-state index contributed by atoms with van der Waals surface area (Å²) in [4.78, 5) is 36.2. The van der Waals surface area contributed by atoms with E-state index < -0.39 is 22.8 Å². The number of aromatic carboxylic acids is 1. The number of aromatic nitrogens is 2. The smallest absolute Gasteiger partial charge is 0.341 e. The van der Waals surface area contributed by atoms with Gasteiger partial charge in [0.15, 0.2) is 17.7 Å². The zero-order valence-corrected chi connectivity index (χ0v) is 17.6. The van der Waals surface area contributed by atoms with Gasteiger partial charge in [0, 0.05) is 18.9 Å². The lowest BCUT2D eigenvalue weighted by Gasteiger charge is -2.31. The lowest BCUT2D eigenvalue weighted by Crippen LogP contribution is -2.30. The van der Waals surface area contributed by atoms with Crippen molar-refractivity contribution in [2.75, 3.05) is 24.6 Å². The summed E-state index contributed by atoms with van der Waals surface area (Å²) in [7, 11) is 0. The van der Waals surface area contributed by atoms with Gasteiger partial charge in [-0.15, -0.1) is 0 Å². The highest BCUT2D eigenvalue weighted by atomic mass is 19.1. The first kappa shape index (κ1) is 19.7. The second-order valence-corrected chi connectivity index (χ2v) is 8.52. The SMILES string of the molecule is C[C@H]1COc2c(N3CC4ON=C(c5ccccn5)C4C3)c(F)cc3c(=O)c(C(=O)O)cn1c23. The van der Waals surface area contributed by atoms with Crippen LogP contribution < -0.4 is 15.1 Å². The maximum atomic E-state index is 15.5. The molecule has 0 radical (unpaired) electrons. The van der Waals surface area contributed by atoms with Crippen molar-refractivity contribution in [3.05, 3.63) is 64.0 Å². The maximum Gasteiger partial charge on any atom is 0.341 e. The van der Waals surface area contributed by atoms with Gasteiger partial charge in [-0.3, -0.25) is 9.78 Å². The van der Waals surface area contributed by atoms with Crippen LogP contribution in [0.4, 0.5) is 10.1 Å². The van der Waals surface area contributed by atoms with Gasteiger partial charge in [-0.25, -0.2) is 9.18 Å². The molecule has 0 saturated carbocycles. The molecule has 9 nitrogen and oxygen atoms in total. The van der Waals surface area contributed by atoms with Crippen molar-refractivity contribution in [2.24, 2.45) is 11.1 Å². The number of carboxylic acid groups (broad SMARTS) is 1. The van der Waals surface area contributed by atoms with Crippen molar-refractivity contribution >= 4 is 28.3 Å². The molecular weight excluding hydrogens is 431 g/mol. The number of carbonyl (C=O) groups is 1. The summed E-state index contributed by atoms with van der Waals surface area (Å²) in [5, 5.41) is 13.6. The van der Waals surface area contributed by atoms with E-state index in [9.17, 15) is 14.7 Å². The second kappa shape index (κ2) is 7.03. The Hall–Kier alpha value is -3.95. The molecule has 1 saturated heterocycles. The van der Waals surface area contributed by atoms with E-state index >= 15 is 4.39 Å². The minimum absolute atomic E-state index is 0.0101. The molecular formula is C23H19FN4O5. The number of benzene rings is 1. The number of rotatable bonds is 3. The van der Waals surface area contributed by atoms with E-state index in [4.69, 9.17) is 9.57 Å². The van der Waals surface area contributed by atoms with Crippen molar-refractivity contribution < 1.29 is 23.9 Å². The van der Waals surface area contributed by atoms with E-state index in [-0.39, 0.29) is 41.5 Å². The van der Waals surface area contributed by atoms with E-state index in [0.29, 0.717) is 24.3 Å². The quantitative estimate of drug-likeness (QED) is 0.653. The molecule has 1 N–H and O–H groups in total. The lowest BCUT2D eigenvalue weighted by atomic mass is 9.98. The van der Waals surface area contributed by atoms with Crippen LogP contribution in [0.3, 0.4) is 0 Å². The van der Waals surface area contributed by atoms with Crippen LogP contribution in [0, 0.1) is 11.7 Å². The number of ether oxygens (including phenoxy) is 1. The second-order valence-electron chi connectivity index (χ2n) is 8.52. The molecule has 0 spiro atoms. The third-order valence-corrected chi connectivity index (χ3v) is 6.52. The third-order valence-electron chi connectivity index (χ3n) is 6.52. The van der Waals surface area contributed by atoms with Crippen molar-refractivity contribution in [3.63, 3.8) is 0 Å². The summed E-state index contributed by atoms with van der Waals surface area (Å²) in [6, 6.07) is 6.44. The molecule has 5 heterocycles. The van der Waals surface area contributed by atoms with Gasteiger partial charge in [0.1, 0.15) is 23.6 Å². The molecule has 2 aromatic heterocycles. The van der Waals surface area contributed by atoms with Crippen molar-refractivity contribution in [2.45, 2.75) is 19.1 Å². The predicted octanol–water partition coefficient (Wildman–Crippen LogP) is 2.43. The van der Waals surface area contributed by atoms with Gasteiger partial charge in [-0.1, -0.05) is 11.2 Å². The first-order chi connectivity index (χ1) is 15.9. The standard InChI is InChI=1S/C23H19FN4O5/c1-11-10-32-22-19-12(21(29)14(23(30)31)8-28(11)19)6-15(24)20(22)27-7-13-17(9-27)33-26-18(13)16-4-2-3-5-25-16/h2-6,8,11,13,17H,7,9-10H2,1H3,(H,30,31)/t11-,13?,17?/m0/s1. The van der Waals surface area contributed by atoms with Crippen LogP contribution in [0.25, 0.3) is 10.9 Å². The van der Waals surface area contributed by atoms with Crippen LogP contribution >= 0.6 is 0 Å². The Bertz CT molecular complexity index is 1400. The fraction of sp³-hybridized carbons (Fsp3) is 0.304. The summed E-state index contributed by atoms with van der Waals surface area (Å²) < 4.78 is 23.1. The predicted molar refractivity (Wildman–Crippen MR) is 117 cm³/mol. The van der Waals surface area contributed by atoms with Gasteiger partial charge in [0.25, 0.3) is 0 Å². The molecule has 3 aromatic rings. The first-order valence-corrected chi connectivity index (χ1v) is 10.6. The van der Waals surface area contributed by atoms with Crippen LogP contribution in [-0.4, -0.2) is 52.1 Å². The average Bonchev–Trinajstić information content (AvgIpc) is 3.38.